The van der Waals surface area contributed by atoms with Crippen molar-refractivity contribution in [3.8, 4) is 11.5 Å². The Morgan fingerprint density at radius 1 is 1.50 bits per heavy atom. The molecular weight excluding hydrogens is 148 g/mol. The van der Waals surface area contributed by atoms with Crippen molar-refractivity contribution in [3.05, 3.63) is 18.2 Å². The summed E-state index contributed by atoms with van der Waals surface area (Å²) in [6.45, 7) is 0. The van der Waals surface area contributed by atoms with E-state index in [9.17, 15) is 0 Å². The van der Waals surface area contributed by atoms with Crippen molar-refractivity contribution in [2.45, 2.75) is 4.90 Å². The van der Waals surface area contributed by atoms with Gasteiger partial charge in [0.15, 0.2) is 0 Å². The van der Waals surface area contributed by atoms with Crippen molar-refractivity contribution >= 4 is 12.6 Å². The van der Waals surface area contributed by atoms with Gasteiger partial charge in [-0.25, -0.2) is 0 Å². The lowest BCUT2D eigenvalue weighted by Gasteiger charge is -2.03. The van der Waals surface area contributed by atoms with Crippen molar-refractivity contribution in [2.75, 3.05) is 7.11 Å². The van der Waals surface area contributed by atoms with Crippen molar-refractivity contribution in [2.24, 2.45) is 0 Å². The van der Waals surface area contributed by atoms with Gasteiger partial charge in [-0.05, 0) is 12.1 Å². The molecule has 2 nitrogen and oxygen atoms in total. The fourth-order valence-corrected chi connectivity index (χ4v) is 0.916. The van der Waals surface area contributed by atoms with E-state index in [1.807, 2.05) is 0 Å². The molecule has 1 rings (SSSR count). The first-order valence-electron chi connectivity index (χ1n) is 2.80. The highest BCUT2D eigenvalue weighted by atomic mass is 32.1. The van der Waals surface area contributed by atoms with Gasteiger partial charge in [0.1, 0.15) is 11.5 Å². The Kier molecular flexibility index (Phi) is 2.06. The number of ether oxygens (including phenoxy) is 1. The lowest BCUT2D eigenvalue weighted by molar-refractivity contribution is 0.392. The summed E-state index contributed by atoms with van der Waals surface area (Å²) in [7, 11) is 1.54. The first kappa shape index (κ1) is 7.28. The van der Waals surface area contributed by atoms with Crippen LogP contribution in [0, 0.1) is 0 Å². The number of thiol groups is 1. The van der Waals surface area contributed by atoms with E-state index >= 15 is 0 Å². The van der Waals surface area contributed by atoms with Crippen molar-refractivity contribution in [1.29, 1.82) is 0 Å². The summed E-state index contributed by atoms with van der Waals surface area (Å²) < 4.78 is 4.89. The molecule has 1 N–H and O–H groups in total. The maximum atomic E-state index is 9.07. The number of phenolic OH excluding ortho intramolecular Hbond substituents is 1. The molecule has 0 radical (unpaired) electrons. The fourth-order valence-electron chi connectivity index (χ4n) is 0.675. The van der Waals surface area contributed by atoms with Gasteiger partial charge in [-0.15, -0.1) is 12.6 Å². The number of rotatable bonds is 1. The Labute approximate surface area is 64.9 Å². The Hall–Kier alpha value is -0.830. The van der Waals surface area contributed by atoms with Gasteiger partial charge in [-0.1, -0.05) is 6.07 Å². The molecule has 0 aliphatic heterocycles. The molecule has 0 atom stereocenters. The molecule has 54 valence electrons. The molecule has 0 amide bonds. The van der Waals surface area contributed by atoms with Crippen LogP contribution in [0.1, 0.15) is 0 Å². The van der Waals surface area contributed by atoms with Crippen LogP contribution in [0.3, 0.4) is 0 Å². The summed E-state index contributed by atoms with van der Waals surface area (Å²) in [5.41, 5.74) is 0. The molecule has 1 aromatic rings. The van der Waals surface area contributed by atoms with Gasteiger partial charge in [-0.3, -0.25) is 0 Å². The van der Waals surface area contributed by atoms with Gasteiger partial charge in [0, 0.05) is 0 Å². The first-order chi connectivity index (χ1) is 4.75. The normalized spacial score (nSPS) is 9.40. The molecule has 1 aromatic carbocycles. The van der Waals surface area contributed by atoms with Crippen molar-refractivity contribution in [3.63, 3.8) is 0 Å². The number of hydrogen-bond donors (Lipinski definition) is 2. The average Bonchev–Trinajstić information content (AvgIpc) is 1.95. The number of hydrogen-bond acceptors (Lipinski definition) is 3. The monoisotopic (exact) mass is 156 g/mol. The maximum Gasteiger partial charge on any atom is 0.135 e. The van der Waals surface area contributed by atoms with Gasteiger partial charge in [0.05, 0.1) is 12.0 Å². The summed E-state index contributed by atoms with van der Waals surface area (Å²) >= 11 is 4.02. The molecule has 0 saturated heterocycles. The molecule has 0 aliphatic carbocycles. The van der Waals surface area contributed by atoms with E-state index < -0.39 is 0 Å². The number of methoxy groups -OCH3 is 1. The third-order valence-corrected chi connectivity index (χ3v) is 1.65. The maximum absolute atomic E-state index is 9.07. The third-order valence-electron chi connectivity index (χ3n) is 1.20. The summed E-state index contributed by atoms with van der Waals surface area (Å²) in [5, 5.41) is 9.07. The van der Waals surface area contributed by atoms with Gasteiger partial charge in [0.25, 0.3) is 0 Å². The fraction of sp³-hybridized carbons (Fsp3) is 0.143. The number of benzene rings is 1. The summed E-state index contributed by atoms with van der Waals surface area (Å²) in [4.78, 5) is 0.477. The summed E-state index contributed by atoms with van der Waals surface area (Å²) in [5.74, 6) is 0.728. The van der Waals surface area contributed by atoms with Crippen molar-refractivity contribution < 1.29 is 9.84 Å². The van der Waals surface area contributed by atoms with E-state index in [1.54, 1.807) is 18.2 Å². The minimum absolute atomic E-state index is 0.141. The van der Waals surface area contributed by atoms with Gasteiger partial charge >= 0.3 is 0 Å². The van der Waals surface area contributed by atoms with Crippen LogP contribution in [0.5, 0.6) is 11.5 Å². The highest BCUT2D eigenvalue weighted by Gasteiger charge is 2.00. The van der Waals surface area contributed by atoms with Gasteiger partial charge < -0.3 is 9.84 Å². The van der Waals surface area contributed by atoms with E-state index in [0.29, 0.717) is 10.6 Å². The zero-order chi connectivity index (χ0) is 7.56. The van der Waals surface area contributed by atoms with E-state index in [4.69, 9.17) is 9.84 Å². The van der Waals surface area contributed by atoms with E-state index in [1.165, 1.54) is 7.11 Å². The van der Waals surface area contributed by atoms with Crippen LogP contribution in [0.25, 0.3) is 0 Å². The third kappa shape index (κ3) is 1.19. The Morgan fingerprint density at radius 2 is 2.20 bits per heavy atom. The largest absolute Gasteiger partial charge is 0.507 e. The molecule has 0 heterocycles. The molecule has 0 spiro atoms. The highest BCUT2D eigenvalue weighted by molar-refractivity contribution is 7.80. The standard InChI is InChI=1S/C7H8O2S/c1-9-6-4-2-3-5(8)7(6)10/h2-4,8,10H,1H3. The van der Waals surface area contributed by atoms with Crippen LogP contribution in [0.2, 0.25) is 0 Å². The highest BCUT2D eigenvalue weighted by Crippen LogP contribution is 2.30. The quantitative estimate of drug-likeness (QED) is 0.606. The first-order valence-corrected chi connectivity index (χ1v) is 3.25. The SMILES string of the molecule is COc1cccc(O)c1S. The minimum atomic E-state index is 0.141. The van der Waals surface area contributed by atoms with Crippen LogP contribution < -0.4 is 4.74 Å². The molecule has 3 heteroatoms. The van der Waals surface area contributed by atoms with Gasteiger partial charge in [-0.2, -0.15) is 0 Å². The zero-order valence-electron chi connectivity index (χ0n) is 5.53. The number of phenols is 1. The minimum Gasteiger partial charge on any atom is -0.507 e. The summed E-state index contributed by atoms with van der Waals surface area (Å²) in [6, 6.07) is 5.00. The molecule has 0 fully saturated rings. The molecule has 0 saturated carbocycles. The van der Waals surface area contributed by atoms with Gasteiger partial charge in [0.2, 0.25) is 0 Å². The lowest BCUT2D eigenvalue weighted by Crippen LogP contribution is -1.83. The smallest absolute Gasteiger partial charge is 0.135 e. The zero-order valence-corrected chi connectivity index (χ0v) is 6.43. The second-order valence-corrected chi connectivity index (χ2v) is 2.28. The summed E-state index contributed by atoms with van der Waals surface area (Å²) in [6.07, 6.45) is 0. The van der Waals surface area contributed by atoms with E-state index in [0.717, 1.165) is 0 Å². The lowest BCUT2D eigenvalue weighted by atomic mass is 10.3. The van der Waals surface area contributed by atoms with Crippen LogP contribution in [0.15, 0.2) is 23.1 Å². The van der Waals surface area contributed by atoms with E-state index in [-0.39, 0.29) is 5.75 Å². The predicted molar refractivity (Wildman–Crippen MR) is 41.9 cm³/mol. The second kappa shape index (κ2) is 2.84. The topological polar surface area (TPSA) is 29.5 Å². The average molecular weight is 156 g/mol. The molecule has 0 bridgehead atoms. The molecule has 0 aliphatic rings. The number of aromatic hydroxyl groups is 1. The van der Waals surface area contributed by atoms with Crippen LogP contribution >= 0.6 is 12.6 Å². The van der Waals surface area contributed by atoms with Crippen LogP contribution in [-0.4, -0.2) is 12.2 Å². The van der Waals surface area contributed by atoms with E-state index in [2.05, 4.69) is 12.6 Å². The predicted octanol–water partition coefficient (Wildman–Crippen LogP) is 1.69. The second-order valence-electron chi connectivity index (χ2n) is 1.83. The van der Waals surface area contributed by atoms with Crippen molar-refractivity contribution in [1.82, 2.24) is 0 Å². The molecule has 10 heavy (non-hydrogen) atoms. The Balaban J connectivity index is 3.14. The Bertz CT molecular complexity index is 235. The Morgan fingerprint density at radius 3 is 2.70 bits per heavy atom. The molecule has 0 aromatic heterocycles. The van der Waals surface area contributed by atoms with Crippen LogP contribution in [0.4, 0.5) is 0 Å². The molecule has 0 unspecified atom stereocenters. The molecular formula is C7H8O2S. The van der Waals surface area contributed by atoms with Crippen LogP contribution in [-0.2, 0) is 0 Å².